The van der Waals surface area contributed by atoms with Gasteiger partial charge < -0.3 is 12.9 Å². The second-order valence-electron chi connectivity index (χ2n) is 2.41. The smallest absolute Gasteiger partial charge is 0.445 e. The molecule has 1 aromatic rings. The maximum atomic E-state index is 12.1. The van der Waals surface area contributed by atoms with Crippen molar-refractivity contribution in [1.29, 1.82) is 0 Å². The van der Waals surface area contributed by atoms with Gasteiger partial charge in [0.2, 0.25) is 0 Å². The van der Waals surface area contributed by atoms with Crippen molar-refractivity contribution >= 4 is 35.4 Å². The van der Waals surface area contributed by atoms with E-state index in [1.54, 1.807) is 0 Å². The summed E-state index contributed by atoms with van der Waals surface area (Å²) in [7, 11) is 0. The van der Waals surface area contributed by atoms with E-state index in [0.717, 1.165) is 0 Å². The molecule has 0 nitrogen and oxygen atoms in total. The standard InChI is InChI=1S/C5HBClF6S/c7-4-2(6(11,12)13)1-3(14-4)5(8,9)10/h1H/q-1. The molecule has 0 spiro atoms. The predicted octanol–water partition coefficient (Wildman–Crippen LogP) is 3.47. The number of thiophene rings is 1. The number of hydrogen-bond acceptors (Lipinski definition) is 1. The van der Waals surface area contributed by atoms with Crippen LogP contribution >= 0.6 is 22.9 Å². The fourth-order valence-corrected chi connectivity index (χ4v) is 1.98. The Labute approximate surface area is 83.5 Å². The summed E-state index contributed by atoms with van der Waals surface area (Å²) in [6.45, 7) is -5.48. The van der Waals surface area contributed by atoms with Gasteiger partial charge in [-0.05, 0) is 0 Å². The average Bonchev–Trinajstić information content (AvgIpc) is 2.27. The fourth-order valence-electron chi connectivity index (χ4n) is 0.746. The molecule has 1 heterocycles. The number of alkyl halides is 3. The minimum atomic E-state index is -5.48. The number of rotatable bonds is 1. The Balaban J connectivity index is 3.19. The molecule has 14 heavy (non-hydrogen) atoms. The van der Waals surface area contributed by atoms with Crippen LogP contribution in [0.1, 0.15) is 4.88 Å². The maximum absolute atomic E-state index is 12.1. The first kappa shape index (κ1) is 11.7. The van der Waals surface area contributed by atoms with Crippen LogP contribution in [-0.2, 0) is 6.18 Å². The highest BCUT2D eigenvalue weighted by Crippen LogP contribution is 2.36. The molecule has 0 bridgehead atoms. The summed E-state index contributed by atoms with van der Waals surface area (Å²) in [6, 6.07) is 0.0347. The normalized spacial score (nSPS) is 13.4. The molecule has 0 aliphatic rings. The molecule has 0 amide bonds. The van der Waals surface area contributed by atoms with E-state index in [1.165, 1.54) is 0 Å². The Bertz CT molecular complexity index is 339. The van der Waals surface area contributed by atoms with Gasteiger partial charge in [-0.2, -0.15) is 13.2 Å². The van der Waals surface area contributed by atoms with Gasteiger partial charge in [-0.25, -0.2) is 0 Å². The van der Waals surface area contributed by atoms with Gasteiger partial charge in [-0.3, -0.25) is 0 Å². The quantitative estimate of drug-likeness (QED) is 0.531. The molecule has 0 aliphatic heterocycles. The highest BCUT2D eigenvalue weighted by molar-refractivity contribution is 7.18. The first-order valence-corrected chi connectivity index (χ1v) is 4.38. The lowest BCUT2D eigenvalue weighted by molar-refractivity contribution is -0.134. The number of halogens is 7. The SMILES string of the molecule is F[B-](F)(F)c1cc(C(F)(F)F)sc1Cl. The Morgan fingerprint density at radius 3 is 1.93 bits per heavy atom. The molecule has 0 radical (unpaired) electrons. The van der Waals surface area contributed by atoms with E-state index in [1.807, 2.05) is 0 Å². The van der Waals surface area contributed by atoms with Crippen LogP contribution in [0.25, 0.3) is 0 Å². The average molecular weight is 253 g/mol. The van der Waals surface area contributed by atoms with Gasteiger partial charge in [-0.1, -0.05) is 23.1 Å². The fraction of sp³-hybridized carbons (Fsp3) is 0.200. The monoisotopic (exact) mass is 253 g/mol. The van der Waals surface area contributed by atoms with Crippen LogP contribution in [-0.4, -0.2) is 6.98 Å². The van der Waals surface area contributed by atoms with E-state index in [9.17, 15) is 26.1 Å². The Morgan fingerprint density at radius 2 is 1.71 bits per heavy atom. The largest absolute Gasteiger partial charge is 0.511 e. The van der Waals surface area contributed by atoms with Crippen molar-refractivity contribution in [3.63, 3.8) is 0 Å². The second kappa shape index (κ2) is 3.34. The third-order valence-electron chi connectivity index (χ3n) is 1.35. The van der Waals surface area contributed by atoms with Crippen LogP contribution in [0.5, 0.6) is 0 Å². The van der Waals surface area contributed by atoms with Gasteiger partial charge in [0.05, 0.1) is 4.34 Å². The van der Waals surface area contributed by atoms with Crippen LogP contribution in [0.4, 0.5) is 26.1 Å². The summed E-state index contributed by atoms with van der Waals surface area (Å²) >= 11 is 4.93. The third-order valence-corrected chi connectivity index (χ3v) is 2.78. The molecule has 0 saturated heterocycles. The molecule has 0 unspecified atom stereocenters. The molecule has 0 aromatic carbocycles. The summed E-state index contributed by atoms with van der Waals surface area (Å²) in [5, 5.41) is 0. The van der Waals surface area contributed by atoms with Crippen molar-refractivity contribution < 1.29 is 26.1 Å². The van der Waals surface area contributed by atoms with Gasteiger partial charge in [0.1, 0.15) is 4.88 Å². The molecule has 0 aliphatic carbocycles. The van der Waals surface area contributed by atoms with E-state index < -0.39 is 27.8 Å². The molecule has 0 N–H and O–H groups in total. The molecule has 80 valence electrons. The zero-order valence-electron chi connectivity index (χ0n) is 6.21. The predicted molar refractivity (Wildman–Crippen MR) is 43.0 cm³/mol. The lowest BCUT2D eigenvalue weighted by Gasteiger charge is -2.12. The molecule has 1 aromatic heterocycles. The van der Waals surface area contributed by atoms with Crippen LogP contribution in [0.3, 0.4) is 0 Å². The summed E-state index contributed by atoms with van der Waals surface area (Å²) in [5.74, 6) is 0. The van der Waals surface area contributed by atoms with Crippen molar-refractivity contribution in [2.24, 2.45) is 0 Å². The van der Waals surface area contributed by atoms with Gasteiger partial charge in [0.15, 0.2) is 0 Å². The minimum absolute atomic E-state index is 0.0347. The van der Waals surface area contributed by atoms with Crippen LogP contribution in [0, 0.1) is 0 Å². The van der Waals surface area contributed by atoms with Gasteiger partial charge in [0, 0.05) is 0 Å². The van der Waals surface area contributed by atoms with E-state index in [0.29, 0.717) is 0 Å². The highest BCUT2D eigenvalue weighted by atomic mass is 35.5. The maximum Gasteiger partial charge on any atom is 0.511 e. The first-order chi connectivity index (χ1) is 6.12. The molecular weight excluding hydrogens is 252 g/mol. The Hall–Kier alpha value is -0.365. The summed E-state index contributed by atoms with van der Waals surface area (Å²) in [4.78, 5) is -1.34. The second-order valence-corrected chi connectivity index (χ2v) is 4.07. The highest BCUT2D eigenvalue weighted by Gasteiger charge is 2.37. The molecular formula is C5HBClF6S-. The zero-order valence-corrected chi connectivity index (χ0v) is 7.78. The van der Waals surface area contributed by atoms with Crippen molar-refractivity contribution in [3.05, 3.63) is 15.3 Å². The Kier molecular flexibility index (Phi) is 2.79. The third kappa shape index (κ3) is 2.36. The molecule has 0 fully saturated rings. The summed E-state index contributed by atoms with van der Waals surface area (Å²) in [6.07, 6.45) is -4.78. The summed E-state index contributed by atoms with van der Waals surface area (Å²) < 4.78 is 71.2. The number of hydrogen-bond donors (Lipinski definition) is 0. The first-order valence-electron chi connectivity index (χ1n) is 3.18. The van der Waals surface area contributed by atoms with Crippen molar-refractivity contribution in [1.82, 2.24) is 0 Å². The zero-order chi connectivity index (χ0) is 11.1. The van der Waals surface area contributed by atoms with Crippen LogP contribution < -0.4 is 5.46 Å². The molecule has 0 saturated carbocycles. The van der Waals surface area contributed by atoms with Crippen LogP contribution in [0.2, 0.25) is 4.34 Å². The van der Waals surface area contributed by atoms with E-state index >= 15 is 0 Å². The topological polar surface area (TPSA) is 0 Å². The van der Waals surface area contributed by atoms with Gasteiger partial charge >= 0.3 is 13.2 Å². The van der Waals surface area contributed by atoms with Crippen molar-refractivity contribution in [2.45, 2.75) is 6.18 Å². The van der Waals surface area contributed by atoms with Gasteiger partial charge in [-0.15, -0.1) is 11.3 Å². The lowest BCUT2D eigenvalue weighted by Crippen LogP contribution is -2.33. The van der Waals surface area contributed by atoms with Gasteiger partial charge in [0.25, 0.3) is 0 Å². The molecule has 1 rings (SSSR count). The van der Waals surface area contributed by atoms with Crippen molar-refractivity contribution in [2.75, 3.05) is 0 Å². The van der Waals surface area contributed by atoms with E-state index in [2.05, 4.69) is 0 Å². The lowest BCUT2D eigenvalue weighted by atomic mass is 9.82. The van der Waals surface area contributed by atoms with Crippen LogP contribution in [0.15, 0.2) is 6.07 Å². The van der Waals surface area contributed by atoms with Crippen molar-refractivity contribution in [3.8, 4) is 0 Å². The van der Waals surface area contributed by atoms with E-state index in [4.69, 9.17) is 11.6 Å². The Morgan fingerprint density at radius 1 is 1.21 bits per heavy atom. The molecule has 0 atom stereocenters. The van der Waals surface area contributed by atoms with E-state index in [-0.39, 0.29) is 17.4 Å². The summed E-state index contributed by atoms with van der Waals surface area (Å²) in [5.41, 5.74) is -1.39. The molecule has 9 heteroatoms. The minimum Gasteiger partial charge on any atom is -0.445 e.